The SMILES string of the molecule is C=CCNC(=O)COC(C)C. The van der Waals surface area contributed by atoms with Gasteiger partial charge in [-0.3, -0.25) is 4.79 Å². The highest BCUT2D eigenvalue weighted by molar-refractivity contribution is 5.77. The van der Waals surface area contributed by atoms with E-state index in [1.165, 1.54) is 0 Å². The molecule has 0 radical (unpaired) electrons. The zero-order chi connectivity index (χ0) is 8.69. The molecule has 0 saturated carbocycles. The topological polar surface area (TPSA) is 38.3 Å². The van der Waals surface area contributed by atoms with Gasteiger partial charge in [-0.25, -0.2) is 0 Å². The summed E-state index contributed by atoms with van der Waals surface area (Å²) in [5, 5.41) is 2.61. The molecule has 0 rings (SSSR count). The van der Waals surface area contributed by atoms with Crippen LogP contribution in [0.25, 0.3) is 0 Å². The summed E-state index contributed by atoms with van der Waals surface area (Å²) in [7, 11) is 0. The third kappa shape index (κ3) is 7.06. The molecule has 0 aromatic carbocycles. The molecule has 0 aromatic heterocycles. The monoisotopic (exact) mass is 157 g/mol. The molecule has 0 atom stereocenters. The van der Waals surface area contributed by atoms with E-state index in [0.717, 1.165) is 0 Å². The number of amides is 1. The van der Waals surface area contributed by atoms with Gasteiger partial charge in [0.2, 0.25) is 5.91 Å². The fourth-order valence-electron chi connectivity index (χ4n) is 0.479. The lowest BCUT2D eigenvalue weighted by Crippen LogP contribution is -2.28. The second kappa shape index (κ2) is 5.92. The lowest BCUT2D eigenvalue weighted by Gasteiger charge is -2.06. The van der Waals surface area contributed by atoms with Gasteiger partial charge in [0.1, 0.15) is 6.61 Å². The predicted molar refractivity (Wildman–Crippen MR) is 44.3 cm³/mol. The highest BCUT2D eigenvalue weighted by atomic mass is 16.5. The highest BCUT2D eigenvalue weighted by Crippen LogP contribution is 1.85. The van der Waals surface area contributed by atoms with E-state index in [9.17, 15) is 4.79 Å². The van der Waals surface area contributed by atoms with Crippen LogP contribution in [0.5, 0.6) is 0 Å². The molecular weight excluding hydrogens is 142 g/mol. The van der Waals surface area contributed by atoms with Crippen LogP contribution >= 0.6 is 0 Å². The first-order valence-corrected chi connectivity index (χ1v) is 3.66. The number of rotatable bonds is 5. The molecule has 1 N–H and O–H groups in total. The van der Waals surface area contributed by atoms with Crippen molar-refractivity contribution >= 4 is 5.91 Å². The third-order valence-electron chi connectivity index (χ3n) is 0.991. The van der Waals surface area contributed by atoms with Gasteiger partial charge in [-0.05, 0) is 13.8 Å². The first kappa shape index (κ1) is 10.2. The van der Waals surface area contributed by atoms with E-state index in [-0.39, 0.29) is 18.6 Å². The normalized spacial score (nSPS) is 9.73. The van der Waals surface area contributed by atoms with Crippen molar-refractivity contribution in [2.24, 2.45) is 0 Å². The van der Waals surface area contributed by atoms with Gasteiger partial charge >= 0.3 is 0 Å². The van der Waals surface area contributed by atoms with Gasteiger partial charge in [0.05, 0.1) is 6.10 Å². The van der Waals surface area contributed by atoms with E-state index in [2.05, 4.69) is 11.9 Å². The average molecular weight is 157 g/mol. The third-order valence-corrected chi connectivity index (χ3v) is 0.991. The zero-order valence-corrected chi connectivity index (χ0v) is 7.09. The Morgan fingerprint density at radius 3 is 2.82 bits per heavy atom. The fraction of sp³-hybridized carbons (Fsp3) is 0.625. The van der Waals surface area contributed by atoms with Crippen LogP contribution in [0, 0.1) is 0 Å². The maximum Gasteiger partial charge on any atom is 0.246 e. The van der Waals surface area contributed by atoms with Crippen molar-refractivity contribution in [1.29, 1.82) is 0 Å². The largest absolute Gasteiger partial charge is 0.369 e. The Labute approximate surface area is 67.4 Å². The number of nitrogens with one attached hydrogen (secondary N) is 1. The molecular formula is C8H15NO2. The molecule has 3 nitrogen and oxygen atoms in total. The number of carbonyl (C=O) groups excluding carboxylic acids is 1. The Morgan fingerprint density at radius 2 is 2.36 bits per heavy atom. The minimum atomic E-state index is -0.0985. The summed E-state index contributed by atoms with van der Waals surface area (Å²) in [6.45, 7) is 7.88. The maximum absolute atomic E-state index is 10.8. The molecule has 0 unspecified atom stereocenters. The predicted octanol–water partition coefficient (Wildman–Crippen LogP) is 0.714. The lowest BCUT2D eigenvalue weighted by molar-refractivity contribution is -0.126. The van der Waals surface area contributed by atoms with Crippen LogP contribution in [0.4, 0.5) is 0 Å². The van der Waals surface area contributed by atoms with Crippen molar-refractivity contribution in [1.82, 2.24) is 5.32 Å². The Bertz CT molecular complexity index is 132. The second-order valence-corrected chi connectivity index (χ2v) is 2.45. The van der Waals surface area contributed by atoms with Crippen LogP contribution in [-0.2, 0) is 9.53 Å². The quantitative estimate of drug-likeness (QED) is 0.597. The number of carbonyl (C=O) groups is 1. The van der Waals surface area contributed by atoms with Crippen molar-refractivity contribution in [3.05, 3.63) is 12.7 Å². The van der Waals surface area contributed by atoms with Crippen molar-refractivity contribution < 1.29 is 9.53 Å². The van der Waals surface area contributed by atoms with E-state index in [1.807, 2.05) is 13.8 Å². The fourth-order valence-corrected chi connectivity index (χ4v) is 0.479. The molecule has 0 aromatic rings. The van der Waals surface area contributed by atoms with Gasteiger partial charge in [0.15, 0.2) is 0 Å². The van der Waals surface area contributed by atoms with Crippen molar-refractivity contribution in [2.75, 3.05) is 13.2 Å². The van der Waals surface area contributed by atoms with Crippen LogP contribution in [0.2, 0.25) is 0 Å². The molecule has 0 bridgehead atoms. The molecule has 0 aliphatic rings. The van der Waals surface area contributed by atoms with Crippen molar-refractivity contribution in [3.63, 3.8) is 0 Å². The molecule has 3 heteroatoms. The minimum absolute atomic E-state index is 0.0985. The average Bonchev–Trinajstić information content (AvgIpc) is 1.97. The van der Waals surface area contributed by atoms with Crippen molar-refractivity contribution in [2.45, 2.75) is 20.0 Å². The summed E-state index contributed by atoms with van der Waals surface area (Å²) in [6, 6.07) is 0. The van der Waals surface area contributed by atoms with Crippen LogP contribution in [0.15, 0.2) is 12.7 Å². The number of hydrogen-bond acceptors (Lipinski definition) is 2. The Kier molecular flexibility index (Phi) is 5.47. The van der Waals surface area contributed by atoms with Crippen LogP contribution in [-0.4, -0.2) is 25.2 Å². The lowest BCUT2D eigenvalue weighted by atomic mass is 10.5. The first-order valence-electron chi connectivity index (χ1n) is 3.66. The molecule has 11 heavy (non-hydrogen) atoms. The van der Waals surface area contributed by atoms with E-state index >= 15 is 0 Å². The molecule has 0 aliphatic heterocycles. The van der Waals surface area contributed by atoms with Gasteiger partial charge in [-0.1, -0.05) is 6.08 Å². The summed E-state index contributed by atoms with van der Waals surface area (Å²) >= 11 is 0. The smallest absolute Gasteiger partial charge is 0.246 e. The van der Waals surface area contributed by atoms with E-state index in [1.54, 1.807) is 6.08 Å². The standard InChI is InChI=1S/C8H15NO2/c1-4-5-9-8(10)6-11-7(2)3/h4,7H,1,5-6H2,2-3H3,(H,9,10). The van der Waals surface area contributed by atoms with Gasteiger partial charge in [0.25, 0.3) is 0 Å². The first-order chi connectivity index (χ1) is 5.16. The molecule has 0 aliphatic carbocycles. The summed E-state index contributed by atoms with van der Waals surface area (Å²) in [4.78, 5) is 10.8. The molecule has 0 spiro atoms. The summed E-state index contributed by atoms with van der Waals surface area (Å²) in [5.74, 6) is -0.0985. The Morgan fingerprint density at radius 1 is 1.73 bits per heavy atom. The van der Waals surface area contributed by atoms with E-state index in [4.69, 9.17) is 4.74 Å². The number of hydrogen-bond donors (Lipinski definition) is 1. The van der Waals surface area contributed by atoms with Crippen LogP contribution in [0.3, 0.4) is 0 Å². The molecule has 0 saturated heterocycles. The number of ether oxygens (including phenoxy) is 1. The van der Waals surface area contributed by atoms with Gasteiger partial charge < -0.3 is 10.1 Å². The summed E-state index contributed by atoms with van der Waals surface area (Å²) in [5.41, 5.74) is 0. The van der Waals surface area contributed by atoms with Gasteiger partial charge in [-0.15, -0.1) is 6.58 Å². The van der Waals surface area contributed by atoms with Crippen molar-refractivity contribution in [3.8, 4) is 0 Å². The Balaban J connectivity index is 3.29. The summed E-state index contributed by atoms with van der Waals surface area (Å²) in [6.07, 6.45) is 1.73. The van der Waals surface area contributed by atoms with Crippen LogP contribution < -0.4 is 5.32 Å². The highest BCUT2D eigenvalue weighted by Gasteiger charge is 2.00. The molecule has 0 heterocycles. The maximum atomic E-state index is 10.8. The summed E-state index contributed by atoms with van der Waals surface area (Å²) < 4.78 is 5.05. The van der Waals surface area contributed by atoms with Crippen LogP contribution in [0.1, 0.15) is 13.8 Å². The molecule has 1 amide bonds. The van der Waals surface area contributed by atoms with Gasteiger partial charge in [0, 0.05) is 6.54 Å². The Hall–Kier alpha value is -0.830. The van der Waals surface area contributed by atoms with E-state index < -0.39 is 0 Å². The second-order valence-electron chi connectivity index (χ2n) is 2.45. The molecule has 0 fully saturated rings. The van der Waals surface area contributed by atoms with E-state index in [0.29, 0.717) is 6.54 Å². The van der Waals surface area contributed by atoms with Gasteiger partial charge in [-0.2, -0.15) is 0 Å². The minimum Gasteiger partial charge on any atom is -0.369 e. The molecule has 64 valence electrons. The zero-order valence-electron chi connectivity index (χ0n) is 7.09.